The first-order chi connectivity index (χ1) is 2.94. The van der Waals surface area contributed by atoms with Crippen LogP contribution in [0.2, 0.25) is 0 Å². The quantitative estimate of drug-likeness (QED) is 0.346. The van der Waals surface area contributed by atoms with Crippen LogP contribution in [-0.4, -0.2) is 1.43 Å². The van der Waals surface area contributed by atoms with Crippen LogP contribution in [-0.2, 0) is 0 Å². The van der Waals surface area contributed by atoms with Gasteiger partial charge in [-0.3, -0.25) is 0 Å². The Bertz CT molecular complexity index is 52.4. The highest BCUT2D eigenvalue weighted by molar-refractivity contribution is 14.2. The van der Waals surface area contributed by atoms with Crippen LogP contribution in [0.15, 0.2) is 0 Å². The number of alkyl halides is 2. The van der Waals surface area contributed by atoms with E-state index in [9.17, 15) is 0 Å². The summed E-state index contributed by atoms with van der Waals surface area (Å²) < 4.78 is 1.74. The lowest BCUT2D eigenvalue weighted by molar-refractivity contribution is 1.24. The summed E-state index contributed by atoms with van der Waals surface area (Å²) in [5.74, 6) is 0. The summed E-state index contributed by atoms with van der Waals surface area (Å²) in [5, 5.41) is 0. The van der Waals surface area contributed by atoms with Crippen LogP contribution >= 0.6 is 90.4 Å². The van der Waals surface area contributed by atoms with Gasteiger partial charge in [-0.2, -0.15) is 0 Å². The van der Waals surface area contributed by atoms with Gasteiger partial charge in [-0.15, -0.1) is 0 Å². The van der Waals surface area contributed by atoms with Crippen molar-refractivity contribution in [3.05, 3.63) is 1.93 Å². The third kappa shape index (κ3) is 5.37. The van der Waals surface area contributed by atoms with Crippen LogP contribution < -0.4 is 0 Å². The fourth-order valence-corrected chi connectivity index (χ4v) is 0. The second kappa shape index (κ2) is 3.94. The number of halogens is 4. The van der Waals surface area contributed by atoms with Gasteiger partial charge in [-0.05, 0) is 6.92 Å². The Balaban J connectivity index is 3.54. The minimum absolute atomic E-state index is 0.330. The summed E-state index contributed by atoms with van der Waals surface area (Å²) in [7, 11) is 0. The molecule has 0 aliphatic rings. The lowest BCUT2D eigenvalue weighted by Crippen LogP contribution is -2.04. The van der Waals surface area contributed by atoms with E-state index < -0.39 is 0 Å². The molecule has 1 radical (unpaired) electrons. The van der Waals surface area contributed by atoms with Crippen LogP contribution in [0, 0.1) is 1.93 Å². The van der Waals surface area contributed by atoms with E-state index >= 15 is 0 Å². The second-order valence-electron chi connectivity index (χ2n) is 1.15. The molecule has 0 amide bonds. The molecule has 0 aliphatic carbocycles. The molecular formula is C3H3I4. The van der Waals surface area contributed by atoms with Crippen molar-refractivity contribution >= 4 is 90.4 Å². The van der Waals surface area contributed by atoms with E-state index in [-0.39, 0.29) is 0 Å². The van der Waals surface area contributed by atoms with E-state index in [4.69, 9.17) is 0 Å². The Morgan fingerprint density at radius 1 is 1.29 bits per heavy atom. The van der Waals surface area contributed by atoms with Crippen molar-refractivity contribution in [2.75, 3.05) is 0 Å². The fraction of sp³-hybridized carbons (Fsp3) is 0.667. The van der Waals surface area contributed by atoms with Crippen molar-refractivity contribution in [1.29, 1.82) is 0 Å². The molecule has 0 unspecified atom stereocenters. The molecule has 0 saturated heterocycles. The maximum atomic E-state index is 2.40. The van der Waals surface area contributed by atoms with Crippen molar-refractivity contribution < 1.29 is 0 Å². The average molecular weight is 547 g/mol. The minimum Gasteiger partial charge on any atom is -0.0651 e. The second-order valence-corrected chi connectivity index (χ2v) is 11.7. The first kappa shape index (κ1) is 9.92. The maximum absolute atomic E-state index is 2.40. The van der Waals surface area contributed by atoms with E-state index in [0.29, 0.717) is 1.43 Å². The molecule has 0 aromatic rings. The topological polar surface area (TPSA) is 0 Å². The zero-order valence-electron chi connectivity index (χ0n) is 3.51. The third-order valence-corrected chi connectivity index (χ3v) is 7.70. The van der Waals surface area contributed by atoms with Gasteiger partial charge in [-0.1, -0.05) is 90.4 Å². The Morgan fingerprint density at radius 2 is 1.43 bits per heavy atom. The molecule has 0 atom stereocenters. The maximum Gasteiger partial charge on any atom is 0.122 e. The largest absolute Gasteiger partial charge is 0.122 e. The fourth-order valence-electron chi connectivity index (χ4n) is 0. The summed E-state index contributed by atoms with van der Waals surface area (Å²) in [5.41, 5.74) is 0. The van der Waals surface area contributed by atoms with Gasteiger partial charge in [0.1, 0.15) is 1.93 Å². The van der Waals surface area contributed by atoms with Crippen molar-refractivity contribution in [3.8, 4) is 0 Å². The number of hydrogen-bond acceptors (Lipinski definition) is 0. The smallest absolute Gasteiger partial charge is 0.0651 e. The van der Waals surface area contributed by atoms with Crippen molar-refractivity contribution in [1.82, 2.24) is 0 Å². The van der Waals surface area contributed by atoms with Gasteiger partial charge in [0.25, 0.3) is 0 Å². The first-order valence-electron chi connectivity index (χ1n) is 1.51. The Kier molecular flexibility index (Phi) is 5.58. The lowest BCUT2D eigenvalue weighted by Gasteiger charge is -2.13. The number of hydrogen-bond donors (Lipinski definition) is 0. The van der Waals surface area contributed by atoms with Gasteiger partial charge in [0.05, 0.1) is 1.43 Å². The van der Waals surface area contributed by atoms with Crippen LogP contribution in [0.3, 0.4) is 0 Å². The summed E-state index contributed by atoms with van der Waals surface area (Å²) in [6, 6.07) is 0. The van der Waals surface area contributed by atoms with Crippen LogP contribution in [0.5, 0.6) is 0 Å². The predicted octanol–water partition coefficient (Wildman–Crippen LogP) is 3.93. The monoisotopic (exact) mass is 547 g/mol. The van der Waals surface area contributed by atoms with Gasteiger partial charge in [0, 0.05) is 0 Å². The molecule has 43 valence electrons. The van der Waals surface area contributed by atoms with Gasteiger partial charge in [-0.25, -0.2) is 0 Å². The number of rotatable bonds is 1. The van der Waals surface area contributed by atoms with E-state index in [1.807, 2.05) is 0 Å². The average Bonchev–Trinajstić information content (AvgIpc) is 1.31. The standard InChI is InChI=1S/C3H3I4/c1-3(6,7)2(4)5/h1H3. The van der Waals surface area contributed by atoms with Crippen molar-refractivity contribution in [2.24, 2.45) is 0 Å². The third-order valence-electron chi connectivity index (χ3n) is 0.332. The molecule has 0 aliphatic heterocycles. The summed E-state index contributed by atoms with van der Waals surface area (Å²) >= 11 is 9.48. The molecule has 0 N–H and O–H groups in total. The molecule has 7 heavy (non-hydrogen) atoms. The normalized spacial score (nSPS) is 12.9. The highest BCUT2D eigenvalue weighted by atomic mass is 127. The summed E-state index contributed by atoms with van der Waals surface area (Å²) in [6.07, 6.45) is 0. The lowest BCUT2D eigenvalue weighted by atomic mass is 10.6. The summed E-state index contributed by atoms with van der Waals surface area (Å²) in [4.78, 5) is 0. The van der Waals surface area contributed by atoms with Crippen LogP contribution in [0.1, 0.15) is 6.92 Å². The zero-order valence-corrected chi connectivity index (χ0v) is 12.1. The van der Waals surface area contributed by atoms with Gasteiger partial charge in [0.15, 0.2) is 0 Å². The van der Waals surface area contributed by atoms with Crippen LogP contribution in [0.25, 0.3) is 0 Å². The molecule has 4 heteroatoms. The molecule has 0 rings (SSSR count). The highest BCUT2D eigenvalue weighted by Crippen LogP contribution is 2.45. The van der Waals surface area contributed by atoms with Gasteiger partial charge in [0.2, 0.25) is 0 Å². The molecule has 0 aromatic heterocycles. The van der Waals surface area contributed by atoms with E-state index in [1.54, 1.807) is 0 Å². The molecule has 0 fully saturated rings. The first-order valence-corrected chi connectivity index (χ1v) is 5.82. The Hall–Kier alpha value is 2.92. The molecule has 0 saturated carbocycles. The molecular weight excluding hydrogens is 544 g/mol. The minimum atomic E-state index is 0.330. The van der Waals surface area contributed by atoms with Gasteiger partial charge < -0.3 is 0 Å². The predicted molar refractivity (Wildman–Crippen MR) is 67.7 cm³/mol. The molecule has 0 heterocycles. The summed E-state index contributed by atoms with van der Waals surface area (Å²) in [6.45, 7) is 2.18. The molecule has 0 bridgehead atoms. The van der Waals surface area contributed by atoms with E-state index in [0.717, 1.165) is 0 Å². The zero-order chi connectivity index (χ0) is 6.08. The van der Waals surface area contributed by atoms with E-state index in [2.05, 4.69) is 97.3 Å². The van der Waals surface area contributed by atoms with Crippen molar-refractivity contribution in [2.45, 2.75) is 8.35 Å². The molecule has 0 nitrogen and oxygen atoms in total. The van der Waals surface area contributed by atoms with E-state index in [1.165, 1.54) is 1.93 Å². The SMILES string of the molecule is CC(I)(I)[C](I)I. The molecule has 0 aromatic carbocycles. The van der Waals surface area contributed by atoms with Gasteiger partial charge >= 0.3 is 0 Å². The van der Waals surface area contributed by atoms with Crippen molar-refractivity contribution in [3.63, 3.8) is 0 Å². The highest BCUT2D eigenvalue weighted by Gasteiger charge is 2.23. The Labute approximate surface area is 98.5 Å². The Morgan fingerprint density at radius 3 is 1.43 bits per heavy atom. The van der Waals surface area contributed by atoms with Crippen LogP contribution in [0.4, 0.5) is 0 Å². The molecule has 0 spiro atoms.